The Bertz CT molecular complexity index is 2590. The monoisotopic (exact) mass is 1080 g/mol. The zero-order valence-corrected chi connectivity index (χ0v) is 42.4. The molecular formula is C57H58F4IrN5-5. The molecule has 2 aliphatic rings. The van der Waals surface area contributed by atoms with Gasteiger partial charge in [-0.2, -0.15) is 13.3 Å². The molecule has 353 valence electrons. The summed E-state index contributed by atoms with van der Waals surface area (Å²) >= 11 is 0. The molecule has 67 heavy (non-hydrogen) atoms. The van der Waals surface area contributed by atoms with E-state index in [2.05, 4.69) is 193 Å². The Balaban J connectivity index is 0.000000238. The van der Waals surface area contributed by atoms with E-state index in [9.17, 15) is 17.6 Å². The number of hydrogen-bond acceptors (Lipinski definition) is 5. The molecule has 0 N–H and O–H groups in total. The predicted octanol–water partition coefficient (Wildman–Crippen LogP) is 15.2. The van der Waals surface area contributed by atoms with Gasteiger partial charge < -0.3 is 24.6 Å². The Morgan fingerprint density at radius 3 is 1.37 bits per heavy atom. The second-order valence-corrected chi connectivity index (χ2v) is 19.0. The molecule has 0 amide bonds. The minimum atomic E-state index is -0.841. The van der Waals surface area contributed by atoms with E-state index in [0.29, 0.717) is 17.6 Å². The van der Waals surface area contributed by atoms with Gasteiger partial charge in [-0.25, -0.2) is 0 Å². The number of nitrogens with zero attached hydrogens (tertiary/aromatic N) is 5. The third kappa shape index (κ3) is 11.7. The fraction of sp³-hybridized carbons (Fsp3) is 0.281. The molecule has 1 radical (unpaired) electrons. The first-order valence-corrected chi connectivity index (χ1v) is 22.5. The molecule has 0 bridgehead atoms. The van der Waals surface area contributed by atoms with E-state index in [0.717, 1.165) is 63.5 Å². The molecule has 2 aliphatic heterocycles. The van der Waals surface area contributed by atoms with Crippen LogP contribution in [0.25, 0.3) is 44.8 Å². The summed E-state index contributed by atoms with van der Waals surface area (Å²) in [5, 5.41) is 0. The predicted molar refractivity (Wildman–Crippen MR) is 261 cm³/mol. The van der Waals surface area contributed by atoms with Crippen LogP contribution in [0.4, 0.5) is 28.9 Å². The van der Waals surface area contributed by atoms with Crippen molar-refractivity contribution in [1.82, 2.24) is 14.8 Å². The minimum absolute atomic E-state index is 0. The Morgan fingerprint density at radius 1 is 0.552 bits per heavy atom. The molecule has 0 aliphatic carbocycles. The fourth-order valence-corrected chi connectivity index (χ4v) is 7.83. The molecule has 0 atom stereocenters. The standard InChI is InChI=1S/C35H27F4N.C22H31N4.Ir/c1-20(2)29-14-23(22-8-6-5-7-9-22)15-30(21(3)4)35(29)24-16-33(27-12-10-25(36)18-31(27)38)40-34(17-24)28-13-11-26(37)19-32(28)39;1-17(2)23-8-10-25(15-23)20-12-19(22(5,6)7)13-21(14-20)26-11-9-24(16-26)18(3)4;/h5-11,14-21H,1-4H3;8-13,15-18H,1-7H3;/q-2;-3;. The molecule has 5 aromatic carbocycles. The van der Waals surface area contributed by atoms with Crippen molar-refractivity contribution < 1.29 is 37.7 Å². The number of rotatable bonds is 10. The van der Waals surface area contributed by atoms with Gasteiger partial charge >= 0.3 is 0 Å². The van der Waals surface area contributed by atoms with E-state index in [1.54, 1.807) is 12.1 Å². The number of benzene rings is 5. The normalized spacial score (nSPS) is 13.7. The quantitative estimate of drug-likeness (QED) is 0.101. The van der Waals surface area contributed by atoms with Crippen molar-refractivity contribution in [2.24, 2.45) is 0 Å². The van der Waals surface area contributed by atoms with Gasteiger partial charge in [-0.15, -0.1) is 59.4 Å². The van der Waals surface area contributed by atoms with Crippen molar-refractivity contribution in [3.63, 3.8) is 0 Å². The van der Waals surface area contributed by atoms with Crippen molar-refractivity contribution in [2.75, 3.05) is 9.80 Å². The van der Waals surface area contributed by atoms with Crippen molar-refractivity contribution in [3.8, 4) is 44.8 Å². The molecule has 0 saturated heterocycles. The van der Waals surface area contributed by atoms with Gasteiger partial charge in [-0.3, -0.25) is 17.6 Å². The van der Waals surface area contributed by atoms with E-state index in [1.807, 2.05) is 18.2 Å². The van der Waals surface area contributed by atoms with E-state index >= 15 is 0 Å². The van der Waals surface area contributed by atoms with Crippen molar-refractivity contribution in [3.05, 3.63) is 187 Å². The number of aromatic nitrogens is 1. The molecule has 5 nitrogen and oxygen atoms in total. The van der Waals surface area contributed by atoms with Crippen LogP contribution in [0.1, 0.15) is 105 Å². The summed E-state index contributed by atoms with van der Waals surface area (Å²) in [5.74, 6) is -3.00. The number of pyridine rings is 1. The first-order chi connectivity index (χ1) is 31.3. The van der Waals surface area contributed by atoms with Crippen LogP contribution in [0.5, 0.6) is 0 Å². The van der Waals surface area contributed by atoms with E-state index in [4.69, 9.17) is 0 Å². The van der Waals surface area contributed by atoms with Gasteiger partial charge in [0.05, 0.1) is 0 Å². The third-order valence-electron chi connectivity index (χ3n) is 11.7. The van der Waals surface area contributed by atoms with Gasteiger partial charge in [0.15, 0.2) is 0 Å². The largest absolute Gasteiger partial charge is 0.506 e. The van der Waals surface area contributed by atoms with Crippen molar-refractivity contribution in [2.45, 2.75) is 105 Å². The first kappa shape index (κ1) is 50.7. The molecule has 1 aromatic heterocycles. The summed E-state index contributed by atoms with van der Waals surface area (Å²) in [6.45, 7) is 28.2. The molecule has 0 unspecified atom stereocenters. The van der Waals surface area contributed by atoms with Crippen LogP contribution >= 0.6 is 0 Å². The zero-order valence-electron chi connectivity index (χ0n) is 40.0. The Morgan fingerprint density at radius 2 is 1.00 bits per heavy atom. The van der Waals surface area contributed by atoms with Crippen LogP contribution in [0.3, 0.4) is 0 Å². The third-order valence-corrected chi connectivity index (χ3v) is 11.7. The topological polar surface area (TPSA) is 25.9 Å². The van der Waals surface area contributed by atoms with Gasteiger partial charge in [0.25, 0.3) is 0 Å². The summed E-state index contributed by atoms with van der Waals surface area (Å²) < 4.78 is 57.3. The Kier molecular flexibility index (Phi) is 16.0. The summed E-state index contributed by atoms with van der Waals surface area (Å²) in [6, 6.07) is 35.6. The Labute approximate surface area is 409 Å². The van der Waals surface area contributed by atoms with E-state index < -0.39 is 23.3 Å². The number of anilines is 2. The molecule has 0 fully saturated rings. The molecule has 8 rings (SSSR count). The SMILES string of the molecule is CC(C)N1C=CN(c2[c-]c(N3C=CN(C(C)C)[CH-]3)cc(C(C)(C)C)c2)[CH-]1.CC(C)c1cc(-c2ccccc2)cc(C(C)C)c1-c1cc(-c2[c-]cc(F)cc2F)nc(-c2[c-]cc(F)cc2F)c1.[Ir]. The van der Waals surface area contributed by atoms with Crippen molar-refractivity contribution >= 4 is 11.4 Å². The smallest absolute Gasteiger partial charge is 0.0408 e. The van der Waals surface area contributed by atoms with Crippen LogP contribution in [0.15, 0.2) is 116 Å². The summed E-state index contributed by atoms with van der Waals surface area (Å²) in [7, 11) is 0. The maximum absolute atomic E-state index is 14.9. The van der Waals surface area contributed by atoms with E-state index in [1.165, 1.54) is 5.56 Å². The van der Waals surface area contributed by atoms with Gasteiger partial charge in [-0.1, -0.05) is 126 Å². The molecule has 10 heteroatoms. The molecule has 6 aromatic rings. The minimum Gasteiger partial charge on any atom is -0.506 e. The number of hydrogen-bond donors (Lipinski definition) is 0. The summed E-state index contributed by atoms with van der Waals surface area (Å²) in [6.07, 6.45) is 8.44. The Hall–Kier alpha value is -5.70. The molecule has 3 heterocycles. The maximum atomic E-state index is 14.9. The zero-order chi connectivity index (χ0) is 47.6. The fourth-order valence-electron chi connectivity index (χ4n) is 7.83. The van der Waals surface area contributed by atoms with Crippen LogP contribution in [0, 0.1) is 54.8 Å². The molecule has 0 saturated carbocycles. The molecular weight excluding hydrogens is 1020 g/mol. The van der Waals surface area contributed by atoms with E-state index in [-0.39, 0.29) is 59.9 Å². The average Bonchev–Trinajstić information content (AvgIpc) is 3.98. The average molecular weight is 1080 g/mol. The summed E-state index contributed by atoms with van der Waals surface area (Å²) in [4.78, 5) is 13.2. The second kappa shape index (κ2) is 21.1. The van der Waals surface area contributed by atoms with Gasteiger partial charge in [-0.05, 0) is 127 Å². The van der Waals surface area contributed by atoms with Gasteiger partial charge in [0.2, 0.25) is 0 Å². The summed E-state index contributed by atoms with van der Waals surface area (Å²) in [5.41, 5.74) is 9.58. The van der Waals surface area contributed by atoms with Crippen LogP contribution in [0.2, 0.25) is 0 Å². The molecule has 0 spiro atoms. The van der Waals surface area contributed by atoms with Crippen LogP contribution in [-0.2, 0) is 25.5 Å². The van der Waals surface area contributed by atoms with Gasteiger partial charge in [0.1, 0.15) is 0 Å². The number of halogens is 4. The van der Waals surface area contributed by atoms with Crippen LogP contribution < -0.4 is 9.80 Å². The van der Waals surface area contributed by atoms with Gasteiger partial charge in [0, 0.05) is 43.4 Å². The second-order valence-electron chi connectivity index (χ2n) is 19.0. The first-order valence-electron chi connectivity index (χ1n) is 22.5. The van der Waals surface area contributed by atoms with Crippen molar-refractivity contribution in [1.29, 1.82) is 0 Å². The maximum Gasteiger partial charge on any atom is 0.0408 e. The van der Waals surface area contributed by atoms with Crippen LogP contribution in [-0.4, -0.2) is 26.9 Å².